The second kappa shape index (κ2) is 3.34. The Balaban J connectivity index is 2.11. The van der Waals surface area contributed by atoms with Gasteiger partial charge in [-0.3, -0.25) is 14.9 Å². The highest BCUT2D eigenvalue weighted by Crippen LogP contribution is 2.58. The second-order valence-corrected chi connectivity index (χ2v) is 4.77. The lowest BCUT2D eigenvalue weighted by atomic mass is 9.92. The lowest BCUT2D eigenvalue weighted by molar-refractivity contribution is -0.138. The van der Waals surface area contributed by atoms with Gasteiger partial charge < -0.3 is 0 Å². The van der Waals surface area contributed by atoms with Gasteiger partial charge in [0.25, 0.3) is 0 Å². The second-order valence-electron chi connectivity index (χ2n) is 4.77. The van der Waals surface area contributed by atoms with E-state index in [0.717, 1.165) is 12.1 Å². The number of imide groups is 1. The lowest BCUT2D eigenvalue weighted by Crippen LogP contribution is -2.30. The van der Waals surface area contributed by atoms with Gasteiger partial charge in [0.15, 0.2) is 0 Å². The van der Waals surface area contributed by atoms with Gasteiger partial charge in [0.1, 0.15) is 5.82 Å². The Bertz CT molecular complexity index is 610. The predicted octanol–water partition coefficient (Wildman–Crippen LogP) is 1.76. The van der Waals surface area contributed by atoms with Crippen molar-refractivity contribution in [2.75, 3.05) is 0 Å². The third-order valence-corrected chi connectivity index (χ3v) is 3.66. The minimum Gasteiger partial charge on any atom is -0.295 e. The van der Waals surface area contributed by atoms with E-state index in [4.69, 9.17) is 0 Å². The minimum atomic E-state index is -4.70. The van der Waals surface area contributed by atoms with E-state index in [1.807, 2.05) is 0 Å². The zero-order valence-electron chi connectivity index (χ0n) is 9.34. The number of halogens is 4. The van der Waals surface area contributed by atoms with Crippen LogP contribution in [0, 0.1) is 11.7 Å². The van der Waals surface area contributed by atoms with Gasteiger partial charge in [0.05, 0.1) is 16.9 Å². The van der Waals surface area contributed by atoms with Gasteiger partial charge in [-0.15, -0.1) is 0 Å². The predicted molar refractivity (Wildman–Crippen MR) is 54.3 cm³/mol. The van der Waals surface area contributed by atoms with Gasteiger partial charge in [-0.1, -0.05) is 0 Å². The SMILES string of the molecule is O=C1NC(=O)C2(c3cc(F)cc(C(F)(F)F)c3)C[C@H]12. The molecule has 2 atom stereocenters. The lowest BCUT2D eigenvalue weighted by Gasteiger charge is -2.14. The monoisotopic (exact) mass is 273 g/mol. The van der Waals surface area contributed by atoms with Crippen LogP contribution in [0.3, 0.4) is 0 Å². The molecule has 2 fully saturated rings. The highest BCUT2D eigenvalue weighted by atomic mass is 19.4. The first-order chi connectivity index (χ1) is 8.75. The number of benzene rings is 1. The molecule has 1 aromatic rings. The van der Waals surface area contributed by atoms with Crippen LogP contribution < -0.4 is 5.32 Å². The molecule has 1 N–H and O–H groups in total. The van der Waals surface area contributed by atoms with E-state index in [-0.39, 0.29) is 12.0 Å². The first-order valence-electron chi connectivity index (χ1n) is 5.49. The van der Waals surface area contributed by atoms with Crippen molar-refractivity contribution in [1.82, 2.24) is 5.32 Å². The van der Waals surface area contributed by atoms with E-state index >= 15 is 0 Å². The van der Waals surface area contributed by atoms with E-state index in [1.54, 1.807) is 0 Å². The largest absolute Gasteiger partial charge is 0.416 e. The number of fused-ring (bicyclic) bond motifs is 1. The summed E-state index contributed by atoms with van der Waals surface area (Å²) in [5.74, 6) is -2.91. The van der Waals surface area contributed by atoms with Crippen LogP contribution in [0.25, 0.3) is 0 Å². The number of hydrogen-bond donors (Lipinski definition) is 1. The molecule has 1 aliphatic heterocycles. The van der Waals surface area contributed by atoms with Crippen molar-refractivity contribution in [3.63, 3.8) is 0 Å². The summed E-state index contributed by atoms with van der Waals surface area (Å²) >= 11 is 0. The zero-order valence-corrected chi connectivity index (χ0v) is 9.34. The first-order valence-corrected chi connectivity index (χ1v) is 5.49. The number of hydrogen-bond acceptors (Lipinski definition) is 2. The molecule has 1 saturated carbocycles. The number of carbonyl (C=O) groups is 2. The molecule has 1 aliphatic carbocycles. The Labute approximate surface area is 104 Å². The Hall–Kier alpha value is -1.92. The summed E-state index contributed by atoms with van der Waals surface area (Å²) in [6.45, 7) is 0. The highest BCUT2D eigenvalue weighted by molar-refractivity contribution is 6.15. The normalized spacial score (nSPS) is 29.2. The van der Waals surface area contributed by atoms with Crippen molar-refractivity contribution < 1.29 is 27.2 Å². The van der Waals surface area contributed by atoms with E-state index in [9.17, 15) is 27.2 Å². The number of piperidine rings is 1. The molecule has 7 heteroatoms. The smallest absolute Gasteiger partial charge is 0.295 e. The molecular weight excluding hydrogens is 266 g/mol. The average molecular weight is 273 g/mol. The van der Waals surface area contributed by atoms with Crippen LogP contribution in [0.4, 0.5) is 17.6 Å². The molecule has 0 aromatic heterocycles. The highest BCUT2D eigenvalue weighted by Gasteiger charge is 2.69. The van der Waals surface area contributed by atoms with Crippen LogP contribution >= 0.6 is 0 Å². The van der Waals surface area contributed by atoms with E-state index in [2.05, 4.69) is 5.32 Å². The van der Waals surface area contributed by atoms with Gasteiger partial charge in [-0.25, -0.2) is 4.39 Å². The summed E-state index contributed by atoms with van der Waals surface area (Å²) in [5.41, 5.74) is -2.55. The quantitative estimate of drug-likeness (QED) is 0.626. The topological polar surface area (TPSA) is 46.2 Å². The molecule has 0 radical (unpaired) electrons. The fourth-order valence-corrected chi connectivity index (χ4v) is 2.60. The van der Waals surface area contributed by atoms with Crippen LogP contribution in [0.2, 0.25) is 0 Å². The third-order valence-electron chi connectivity index (χ3n) is 3.66. The number of carbonyl (C=O) groups excluding carboxylic acids is 2. The molecule has 19 heavy (non-hydrogen) atoms. The van der Waals surface area contributed by atoms with E-state index in [1.165, 1.54) is 0 Å². The van der Waals surface area contributed by atoms with Crippen molar-refractivity contribution in [2.24, 2.45) is 5.92 Å². The van der Waals surface area contributed by atoms with Crippen molar-refractivity contribution in [1.29, 1.82) is 0 Å². The van der Waals surface area contributed by atoms with Gasteiger partial charge >= 0.3 is 6.18 Å². The third kappa shape index (κ3) is 1.57. The van der Waals surface area contributed by atoms with Crippen molar-refractivity contribution in [3.8, 4) is 0 Å². The maximum atomic E-state index is 13.3. The molecule has 3 nitrogen and oxygen atoms in total. The fraction of sp³-hybridized carbons (Fsp3) is 0.333. The molecule has 0 spiro atoms. The fourth-order valence-electron chi connectivity index (χ4n) is 2.60. The Kier molecular flexibility index (Phi) is 2.13. The number of rotatable bonds is 1. The summed E-state index contributed by atoms with van der Waals surface area (Å²) < 4.78 is 51.1. The van der Waals surface area contributed by atoms with Gasteiger partial charge in [-0.05, 0) is 30.2 Å². The minimum absolute atomic E-state index is 0.0897. The molecule has 2 amide bonds. The van der Waals surface area contributed by atoms with Crippen molar-refractivity contribution in [3.05, 3.63) is 35.1 Å². The molecule has 1 heterocycles. The Morgan fingerprint density at radius 2 is 1.89 bits per heavy atom. The number of alkyl halides is 3. The summed E-state index contributed by atoms with van der Waals surface area (Å²) in [7, 11) is 0. The van der Waals surface area contributed by atoms with Gasteiger partial charge in [-0.2, -0.15) is 13.2 Å². The maximum absolute atomic E-state index is 13.3. The van der Waals surface area contributed by atoms with E-state index < -0.39 is 40.7 Å². The molecule has 1 aromatic carbocycles. The van der Waals surface area contributed by atoms with E-state index in [0.29, 0.717) is 6.07 Å². The first kappa shape index (κ1) is 12.1. The van der Waals surface area contributed by atoms with Crippen LogP contribution in [0.5, 0.6) is 0 Å². The molecule has 3 rings (SSSR count). The number of amides is 2. The zero-order chi connectivity index (χ0) is 14.0. The molecule has 1 saturated heterocycles. The van der Waals surface area contributed by atoms with Crippen LogP contribution in [0.1, 0.15) is 17.5 Å². The van der Waals surface area contributed by atoms with Crippen molar-refractivity contribution >= 4 is 11.8 Å². The molecule has 2 aliphatic rings. The van der Waals surface area contributed by atoms with Crippen molar-refractivity contribution in [2.45, 2.75) is 18.0 Å². The standard InChI is InChI=1S/C12H7F4NO2/c13-7-2-5(1-6(3-7)12(14,15)16)11-4-8(11)9(18)17-10(11)19/h1-3,8H,4H2,(H,17,18,19)/t8-,11?/m1/s1. The molecule has 0 bridgehead atoms. The summed E-state index contributed by atoms with van der Waals surface area (Å²) in [6.07, 6.45) is -4.56. The van der Waals surface area contributed by atoms with Gasteiger partial charge in [0.2, 0.25) is 11.8 Å². The van der Waals surface area contributed by atoms with Crippen LogP contribution in [-0.4, -0.2) is 11.8 Å². The van der Waals surface area contributed by atoms with Gasteiger partial charge in [0, 0.05) is 0 Å². The molecule has 100 valence electrons. The van der Waals surface area contributed by atoms with Crippen LogP contribution in [0.15, 0.2) is 18.2 Å². The Morgan fingerprint density at radius 1 is 1.21 bits per heavy atom. The maximum Gasteiger partial charge on any atom is 0.416 e. The summed E-state index contributed by atoms with van der Waals surface area (Å²) in [5, 5.41) is 2.05. The van der Waals surface area contributed by atoms with Crippen LogP contribution in [-0.2, 0) is 21.2 Å². The summed E-state index contributed by atoms with van der Waals surface area (Å²) in [4.78, 5) is 23.0. The summed E-state index contributed by atoms with van der Waals surface area (Å²) in [6, 6.07) is 1.99. The molecule has 1 unspecified atom stereocenters. The Morgan fingerprint density at radius 3 is 2.37 bits per heavy atom. The average Bonchev–Trinajstić information content (AvgIpc) is 2.98. The molecular formula is C12H7F4NO2. The number of nitrogens with one attached hydrogen (secondary N) is 1.